The Balaban J connectivity index is 2.65. The van der Waals surface area contributed by atoms with Gasteiger partial charge < -0.3 is 4.74 Å². The molecule has 1 rings (SSSR count). The van der Waals surface area contributed by atoms with Gasteiger partial charge in [0.15, 0.2) is 0 Å². The summed E-state index contributed by atoms with van der Waals surface area (Å²) in [5, 5.41) is 0. The number of hydrogen-bond acceptors (Lipinski definition) is 3. The van der Waals surface area contributed by atoms with Crippen LogP contribution in [-0.4, -0.2) is 18.8 Å². The fourth-order valence-corrected chi connectivity index (χ4v) is 2.34. The molecule has 0 heterocycles. The maximum absolute atomic E-state index is 13.6. The number of thioether (sulfide) groups is 1. The molecular weight excluding hydrogens is 239 g/mol. The van der Waals surface area contributed by atoms with Crippen molar-refractivity contribution in [1.29, 1.82) is 0 Å². The van der Waals surface area contributed by atoms with E-state index in [-0.39, 0.29) is 5.56 Å². The first-order valence-electron chi connectivity index (χ1n) is 5.49. The molecule has 0 unspecified atom stereocenters. The molecule has 0 atom stereocenters. The van der Waals surface area contributed by atoms with Gasteiger partial charge in [0.2, 0.25) is 0 Å². The van der Waals surface area contributed by atoms with Crippen molar-refractivity contribution in [2.24, 2.45) is 5.92 Å². The zero-order chi connectivity index (χ0) is 12.8. The number of rotatable bonds is 5. The Kier molecular flexibility index (Phi) is 5.48. The summed E-state index contributed by atoms with van der Waals surface area (Å²) in [5.74, 6) is 1.28. The van der Waals surface area contributed by atoms with E-state index in [1.807, 2.05) is 0 Å². The lowest BCUT2D eigenvalue weighted by atomic mass is 10.1. The normalized spacial score (nSPS) is 10.6. The third-order valence-electron chi connectivity index (χ3n) is 2.16. The summed E-state index contributed by atoms with van der Waals surface area (Å²) in [5.41, 5.74) is 0.880. The lowest BCUT2D eigenvalue weighted by molar-refractivity contribution is 0.0595. The van der Waals surface area contributed by atoms with E-state index in [2.05, 4.69) is 18.6 Å². The molecule has 1 aromatic carbocycles. The minimum atomic E-state index is -0.635. The van der Waals surface area contributed by atoms with Gasteiger partial charge >= 0.3 is 5.97 Å². The Morgan fingerprint density at radius 1 is 1.47 bits per heavy atom. The Hall–Kier alpha value is -1.03. The average molecular weight is 256 g/mol. The van der Waals surface area contributed by atoms with Crippen molar-refractivity contribution in [2.45, 2.75) is 19.6 Å². The van der Waals surface area contributed by atoms with Crippen LogP contribution in [0.25, 0.3) is 0 Å². The van der Waals surface area contributed by atoms with E-state index in [1.54, 1.807) is 17.8 Å². The number of halogens is 1. The highest BCUT2D eigenvalue weighted by Crippen LogP contribution is 2.18. The van der Waals surface area contributed by atoms with Crippen LogP contribution in [0.15, 0.2) is 18.2 Å². The van der Waals surface area contributed by atoms with E-state index in [0.717, 1.165) is 17.1 Å². The molecule has 0 N–H and O–H groups in total. The van der Waals surface area contributed by atoms with Crippen LogP contribution in [-0.2, 0) is 10.5 Å². The molecule has 0 aliphatic carbocycles. The fourth-order valence-electron chi connectivity index (χ4n) is 1.34. The minimum absolute atomic E-state index is 0.00916. The fraction of sp³-hybridized carbons (Fsp3) is 0.462. The van der Waals surface area contributed by atoms with Crippen molar-refractivity contribution in [2.75, 3.05) is 12.9 Å². The van der Waals surface area contributed by atoms with Gasteiger partial charge in [-0.05, 0) is 29.4 Å². The van der Waals surface area contributed by atoms with Gasteiger partial charge in [0.05, 0.1) is 12.7 Å². The first-order valence-corrected chi connectivity index (χ1v) is 6.64. The van der Waals surface area contributed by atoms with Gasteiger partial charge in [0, 0.05) is 5.75 Å². The third-order valence-corrected chi connectivity index (χ3v) is 3.60. The molecule has 4 heteroatoms. The van der Waals surface area contributed by atoms with E-state index >= 15 is 0 Å². The van der Waals surface area contributed by atoms with Gasteiger partial charge in [0.25, 0.3) is 0 Å². The van der Waals surface area contributed by atoms with Gasteiger partial charge in [-0.1, -0.05) is 19.9 Å². The van der Waals surface area contributed by atoms with Crippen molar-refractivity contribution in [3.8, 4) is 0 Å². The largest absolute Gasteiger partial charge is 0.465 e. The molecule has 2 nitrogen and oxygen atoms in total. The molecule has 0 fully saturated rings. The molecule has 0 saturated heterocycles. The summed E-state index contributed by atoms with van der Waals surface area (Å²) in [7, 11) is 1.24. The zero-order valence-corrected chi connectivity index (χ0v) is 11.1. The lowest BCUT2D eigenvalue weighted by Crippen LogP contribution is -2.04. The minimum Gasteiger partial charge on any atom is -0.465 e. The van der Waals surface area contributed by atoms with Gasteiger partial charge in [-0.15, -0.1) is 0 Å². The van der Waals surface area contributed by atoms with Crippen LogP contribution >= 0.6 is 11.8 Å². The molecule has 0 amide bonds. The van der Waals surface area contributed by atoms with Crippen LogP contribution in [0, 0.1) is 11.7 Å². The van der Waals surface area contributed by atoms with Crippen LogP contribution in [0.5, 0.6) is 0 Å². The number of methoxy groups -OCH3 is 1. The number of carbonyl (C=O) groups is 1. The highest BCUT2D eigenvalue weighted by molar-refractivity contribution is 7.98. The van der Waals surface area contributed by atoms with E-state index in [9.17, 15) is 9.18 Å². The summed E-state index contributed by atoms with van der Waals surface area (Å²) in [4.78, 5) is 11.2. The zero-order valence-electron chi connectivity index (χ0n) is 10.3. The topological polar surface area (TPSA) is 26.3 Å². The third kappa shape index (κ3) is 4.38. The van der Waals surface area contributed by atoms with Crippen molar-refractivity contribution in [3.05, 3.63) is 35.1 Å². The number of benzene rings is 1. The maximum atomic E-state index is 13.6. The van der Waals surface area contributed by atoms with Gasteiger partial charge in [0.1, 0.15) is 5.82 Å². The summed E-state index contributed by atoms with van der Waals surface area (Å²) in [6.45, 7) is 4.29. The van der Waals surface area contributed by atoms with Crippen LogP contribution in [0.2, 0.25) is 0 Å². The Bertz CT molecular complexity index is 391. The van der Waals surface area contributed by atoms with Crippen molar-refractivity contribution < 1.29 is 13.9 Å². The molecule has 1 aromatic rings. The highest BCUT2D eigenvalue weighted by atomic mass is 32.2. The molecule has 94 valence electrons. The number of carbonyl (C=O) groups excluding carboxylic acids is 1. The predicted octanol–water partition coefficient (Wildman–Crippen LogP) is 3.50. The van der Waals surface area contributed by atoms with Gasteiger partial charge in [-0.2, -0.15) is 11.8 Å². The first kappa shape index (κ1) is 14.0. The molecule has 0 aliphatic rings. The van der Waals surface area contributed by atoms with Gasteiger partial charge in [-0.3, -0.25) is 0 Å². The van der Waals surface area contributed by atoms with Crippen molar-refractivity contribution >= 4 is 17.7 Å². The first-order chi connectivity index (χ1) is 8.04. The van der Waals surface area contributed by atoms with Gasteiger partial charge in [-0.25, -0.2) is 9.18 Å². The average Bonchev–Trinajstić information content (AvgIpc) is 2.28. The van der Waals surface area contributed by atoms with Crippen LogP contribution in [0.4, 0.5) is 4.39 Å². The number of hydrogen-bond donors (Lipinski definition) is 0. The van der Waals surface area contributed by atoms with Crippen LogP contribution in [0.1, 0.15) is 29.8 Å². The second kappa shape index (κ2) is 6.64. The number of ether oxygens (including phenoxy) is 1. The monoisotopic (exact) mass is 256 g/mol. The lowest BCUT2D eigenvalue weighted by Gasteiger charge is -2.06. The summed E-state index contributed by atoms with van der Waals surface area (Å²) < 4.78 is 18.0. The maximum Gasteiger partial charge on any atom is 0.340 e. The quantitative estimate of drug-likeness (QED) is 0.754. The second-order valence-electron chi connectivity index (χ2n) is 4.21. The molecule has 0 aromatic heterocycles. The van der Waals surface area contributed by atoms with E-state index < -0.39 is 11.8 Å². The van der Waals surface area contributed by atoms with Crippen LogP contribution < -0.4 is 0 Å². The molecule has 0 aliphatic heterocycles. The summed E-state index contributed by atoms with van der Waals surface area (Å²) in [6, 6.07) is 4.65. The SMILES string of the molecule is COC(=O)c1ccc(CSCC(C)C)cc1F. The van der Waals surface area contributed by atoms with Crippen molar-refractivity contribution in [1.82, 2.24) is 0 Å². The Morgan fingerprint density at radius 2 is 2.18 bits per heavy atom. The standard InChI is InChI=1S/C13H17FO2S/c1-9(2)7-17-8-10-4-5-11(12(14)6-10)13(15)16-3/h4-6,9H,7-8H2,1-3H3. The van der Waals surface area contributed by atoms with Crippen molar-refractivity contribution in [3.63, 3.8) is 0 Å². The Labute approximate surface area is 106 Å². The molecule has 0 saturated carbocycles. The second-order valence-corrected chi connectivity index (χ2v) is 5.25. The Morgan fingerprint density at radius 3 is 2.71 bits per heavy atom. The molecule has 0 spiro atoms. The highest BCUT2D eigenvalue weighted by Gasteiger charge is 2.12. The van der Waals surface area contributed by atoms with Crippen LogP contribution in [0.3, 0.4) is 0 Å². The van der Waals surface area contributed by atoms with E-state index in [4.69, 9.17) is 0 Å². The molecule has 17 heavy (non-hydrogen) atoms. The van der Waals surface area contributed by atoms with E-state index in [1.165, 1.54) is 19.2 Å². The molecular formula is C13H17FO2S. The summed E-state index contributed by atoms with van der Waals surface area (Å²) in [6.07, 6.45) is 0. The molecule has 0 bridgehead atoms. The smallest absolute Gasteiger partial charge is 0.340 e. The predicted molar refractivity (Wildman–Crippen MR) is 68.7 cm³/mol. The molecule has 0 radical (unpaired) electrons. The number of esters is 1. The van der Waals surface area contributed by atoms with E-state index in [0.29, 0.717) is 5.92 Å². The summed E-state index contributed by atoms with van der Waals surface area (Å²) >= 11 is 1.76.